The minimum absolute atomic E-state index is 0.147. The van der Waals surface area contributed by atoms with E-state index in [0.29, 0.717) is 24.2 Å². The van der Waals surface area contributed by atoms with Crippen LogP contribution in [0.1, 0.15) is 16.1 Å². The van der Waals surface area contributed by atoms with Crippen LogP contribution in [0.2, 0.25) is 0 Å². The van der Waals surface area contributed by atoms with E-state index in [4.69, 9.17) is 10.5 Å². The van der Waals surface area contributed by atoms with Crippen molar-refractivity contribution in [3.8, 4) is 5.75 Å². The zero-order chi connectivity index (χ0) is 14.0. The number of nitrogens with one attached hydrogen (secondary N) is 2. The molecule has 5 nitrogen and oxygen atoms in total. The molecule has 0 aliphatic rings. The Bertz CT molecular complexity index is 622. The molecule has 0 unspecified atom stereocenters. The third-order valence-electron chi connectivity index (χ3n) is 3.03. The lowest BCUT2D eigenvalue weighted by Gasteiger charge is -2.04. The molecule has 0 bridgehead atoms. The Morgan fingerprint density at radius 2 is 2.26 bits per heavy atom. The number of halogens is 1. The lowest BCUT2D eigenvalue weighted by atomic mass is 10.1. The maximum atomic E-state index is 13.7. The van der Waals surface area contributed by atoms with E-state index < -0.39 is 5.82 Å². The van der Waals surface area contributed by atoms with Gasteiger partial charge in [0.05, 0.1) is 7.11 Å². The fourth-order valence-corrected chi connectivity index (χ4v) is 2.13. The van der Waals surface area contributed by atoms with Crippen LogP contribution in [0.3, 0.4) is 0 Å². The first-order valence-electron chi connectivity index (χ1n) is 5.92. The molecule has 6 heteroatoms. The van der Waals surface area contributed by atoms with Crippen molar-refractivity contribution in [2.24, 2.45) is 5.73 Å². The second kappa shape index (κ2) is 5.27. The SMILES string of the molecule is CNC(=O)c1[nH]c2cc(F)c(OC)cc2c1CCN. The van der Waals surface area contributed by atoms with E-state index in [1.165, 1.54) is 13.2 Å². The molecule has 0 atom stereocenters. The number of carbonyl (C=O) groups excluding carboxylic acids is 1. The fourth-order valence-electron chi connectivity index (χ4n) is 2.13. The maximum Gasteiger partial charge on any atom is 0.267 e. The monoisotopic (exact) mass is 265 g/mol. The highest BCUT2D eigenvalue weighted by Gasteiger charge is 2.18. The standard InChI is InChI=1S/C13H16FN3O2/c1-16-13(18)12-7(3-4-15)8-5-11(19-2)9(14)6-10(8)17-12/h5-6,17H,3-4,15H2,1-2H3,(H,16,18). The minimum atomic E-state index is -0.473. The molecule has 1 heterocycles. The molecular formula is C13H16FN3O2. The molecule has 0 saturated heterocycles. The Hall–Kier alpha value is -2.08. The van der Waals surface area contributed by atoms with Gasteiger partial charge in [-0.25, -0.2) is 4.39 Å². The number of aromatic nitrogens is 1. The molecule has 0 radical (unpaired) electrons. The van der Waals surface area contributed by atoms with Crippen molar-refractivity contribution in [2.45, 2.75) is 6.42 Å². The van der Waals surface area contributed by atoms with Gasteiger partial charge in [0.2, 0.25) is 0 Å². The fraction of sp³-hybridized carbons (Fsp3) is 0.308. The van der Waals surface area contributed by atoms with Crippen LogP contribution in [-0.4, -0.2) is 31.6 Å². The lowest BCUT2D eigenvalue weighted by Crippen LogP contribution is -2.20. The molecule has 2 aromatic rings. The van der Waals surface area contributed by atoms with Gasteiger partial charge >= 0.3 is 0 Å². The van der Waals surface area contributed by atoms with Gasteiger partial charge in [0.25, 0.3) is 5.91 Å². The molecule has 0 saturated carbocycles. The number of ether oxygens (including phenoxy) is 1. The van der Waals surface area contributed by atoms with Gasteiger partial charge in [-0.2, -0.15) is 0 Å². The van der Waals surface area contributed by atoms with E-state index in [0.717, 1.165) is 10.9 Å². The zero-order valence-corrected chi connectivity index (χ0v) is 10.8. The van der Waals surface area contributed by atoms with Crippen molar-refractivity contribution < 1.29 is 13.9 Å². The molecule has 0 spiro atoms. The first kappa shape index (κ1) is 13.4. The van der Waals surface area contributed by atoms with Crippen LogP contribution in [0.15, 0.2) is 12.1 Å². The number of methoxy groups -OCH3 is 1. The second-order valence-electron chi connectivity index (χ2n) is 4.13. The highest BCUT2D eigenvalue weighted by molar-refractivity contribution is 6.01. The Balaban J connectivity index is 2.70. The number of aromatic amines is 1. The van der Waals surface area contributed by atoms with Crippen LogP contribution in [0.4, 0.5) is 4.39 Å². The van der Waals surface area contributed by atoms with Gasteiger partial charge < -0.3 is 20.8 Å². The molecule has 0 fully saturated rings. The topological polar surface area (TPSA) is 80.1 Å². The summed E-state index contributed by atoms with van der Waals surface area (Å²) in [6.45, 7) is 0.399. The summed E-state index contributed by atoms with van der Waals surface area (Å²) in [6.07, 6.45) is 0.525. The summed E-state index contributed by atoms with van der Waals surface area (Å²) in [4.78, 5) is 14.7. The number of hydrogen-bond acceptors (Lipinski definition) is 3. The number of benzene rings is 1. The first-order valence-corrected chi connectivity index (χ1v) is 5.92. The van der Waals surface area contributed by atoms with Gasteiger partial charge in [-0.15, -0.1) is 0 Å². The molecule has 1 aromatic heterocycles. The molecule has 1 amide bonds. The van der Waals surface area contributed by atoms with Crippen LogP contribution < -0.4 is 15.8 Å². The Kier molecular flexibility index (Phi) is 3.71. The molecule has 19 heavy (non-hydrogen) atoms. The van der Waals surface area contributed by atoms with E-state index in [-0.39, 0.29) is 11.7 Å². The molecule has 4 N–H and O–H groups in total. The van der Waals surface area contributed by atoms with Crippen molar-refractivity contribution in [3.63, 3.8) is 0 Å². The quantitative estimate of drug-likeness (QED) is 0.776. The van der Waals surface area contributed by atoms with Gasteiger partial charge in [0.15, 0.2) is 11.6 Å². The second-order valence-corrected chi connectivity index (χ2v) is 4.13. The van der Waals surface area contributed by atoms with Crippen molar-refractivity contribution in [3.05, 3.63) is 29.2 Å². The number of H-pyrrole nitrogens is 1. The summed E-state index contributed by atoms with van der Waals surface area (Å²) in [6, 6.07) is 2.90. The highest BCUT2D eigenvalue weighted by Crippen LogP contribution is 2.29. The highest BCUT2D eigenvalue weighted by atomic mass is 19.1. The van der Waals surface area contributed by atoms with Crippen LogP contribution in [-0.2, 0) is 6.42 Å². The van der Waals surface area contributed by atoms with Crippen molar-refractivity contribution in [1.29, 1.82) is 0 Å². The number of rotatable bonds is 4. The smallest absolute Gasteiger partial charge is 0.267 e. The largest absolute Gasteiger partial charge is 0.494 e. The number of hydrogen-bond donors (Lipinski definition) is 3. The molecule has 0 aliphatic heterocycles. The van der Waals surface area contributed by atoms with E-state index >= 15 is 0 Å². The van der Waals surface area contributed by atoms with Gasteiger partial charge in [0, 0.05) is 24.0 Å². The Morgan fingerprint density at radius 3 is 2.84 bits per heavy atom. The van der Waals surface area contributed by atoms with Crippen molar-refractivity contribution in [1.82, 2.24) is 10.3 Å². The van der Waals surface area contributed by atoms with E-state index in [9.17, 15) is 9.18 Å². The zero-order valence-electron chi connectivity index (χ0n) is 10.8. The average Bonchev–Trinajstić information content (AvgIpc) is 2.75. The van der Waals surface area contributed by atoms with Gasteiger partial charge in [0.1, 0.15) is 5.69 Å². The van der Waals surface area contributed by atoms with Crippen LogP contribution in [0.5, 0.6) is 5.75 Å². The third-order valence-corrected chi connectivity index (χ3v) is 3.03. The number of nitrogens with two attached hydrogens (primary N) is 1. The number of carbonyl (C=O) groups is 1. The number of amides is 1. The van der Waals surface area contributed by atoms with E-state index in [1.807, 2.05) is 0 Å². The molecule has 1 aromatic carbocycles. The van der Waals surface area contributed by atoms with Gasteiger partial charge in [-0.1, -0.05) is 0 Å². The maximum absolute atomic E-state index is 13.7. The van der Waals surface area contributed by atoms with Gasteiger partial charge in [-0.3, -0.25) is 4.79 Å². The Morgan fingerprint density at radius 1 is 1.53 bits per heavy atom. The lowest BCUT2D eigenvalue weighted by molar-refractivity contribution is 0.0958. The summed E-state index contributed by atoms with van der Waals surface area (Å²) in [5.41, 5.74) is 7.31. The summed E-state index contributed by atoms with van der Waals surface area (Å²) in [5.74, 6) is -0.578. The summed E-state index contributed by atoms with van der Waals surface area (Å²) >= 11 is 0. The Labute approximate surface area is 109 Å². The van der Waals surface area contributed by atoms with Crippen LogP contribution in [0.25, 0.3) is 10.9 Å². The molecular weight excluding hydrogens is 249 g/mol. The summed E-state index contributed by atoms with van der Waals surface area (Å²) in [5, 5.41) is 3.30. The van der Waals surface area contributed by atoms with Crippen LogP contribution in [0, 0.1) is 5.82 Å². The van der Waals surface area contributed by atoms with E-state index in [1.54, 1.807) is 13.1 Å². The summed E-state index contributed by atoms with van der Waals surface area (Å²) in [7, 11) is 2.94. The predicted octanol–water partition coefficient (Wildman–Crippen LogP) is 1.18. The van der Waals surface area contributed by atoms with E-state index in [2.05, 4.69) is 10.3 Å². The van der Waals surface area contributed by atoms with Gasteiger partial charge in [-0.05, 0) is 24.6 Å². The molecule has 102 valence electrons. The minimum Gasteiger partial charge on any atom is -0.494 e. The van der Waals surface area contributed by atoms with Crippen molar-refractivity contribution >= 4 is 16.8 Å². The summed E-state index contributed by atoms with van der Waals surface area (Å²) < 4.78 is 18.6. The normalized spacial score (nSPS) is 10.7. The predicted molar refractivity (Wildman–Crippen MR) is 71.0 cm³/mol. The third kappa shape index (κ3) is 2.26. The van der Waals surface area contributed by atoms with Crippen molar-refractivity contribution in [2.75, 3.05) is 20.7 Å². The molecule has 2 rings (SSSR count). The average molecular weight is 265 g/mol. The number of fused-ring (bicyclic) bond motifs is 1. The molecule has 0 aliphatic carbocycles. The first-order chi connectivity index (χ1) is 9.12. The van der Waals surface area contributed by atoms with Crippen LogP contribution >= 0.6 is 0 Å².